The molecule has 4 heteroatoms. The Morgan fingerprint density at radius 3 is 1.66 bits per heavy atom. The maximum Gasteiger partial charge on any atom is 0.335 e. The number of hydrogen-bond acceptors (Lipinski definition) is 3. The molecule has 3 aromatic carbocycles. The smallest absolute Gasteiger partial charge is 0.335 e. The number of aromatic carboxylic acids is 1. The first-order valence-electron chi connectivity index (χ1n) is 9.28. The number of nitrogens with zero attached hydrogens (tertiary/aromatic N) is 2. The maximum absolute atomic E-state index is 11.1. The predicted octanol–water partition coefficient (Wildman–Crippen LogP) is 5.82. The average molecular weight is 376 g/mol. The molecule has 0 aliphatic rings. The van der Waals surface area contributed by atoms with E-state index in [0.717, 1.165) is 44.1 Å². The second-order valence-corrected chi connectivity index (χ2v) is 6.82. The monoisotopic (exact) mass is 376 g/mol. The Hall–Kier alpha value is -4.05. The third kappa shape index (κ3) is 2.91. The highest BCUT2D eigenvalue weighted by molar-refractivity contribution is 6.11. The first kappa shape index (κ1) is 17.1. The van der Waals surface area contributed by atoms with E-state index < -0.39 is 5.97 Å². The van der Waals surface area contributed by atoms with E-state index in [1.165, 1.54) is 0 Å². The van der Waals surface area contributed by atoms with E-state index in [2.05, 4.69) is 34.2 Å². The molecule has 0 radical (unpaired) electrons. The Kier molecular flexibility index (Phi) is 4.03. The topological polar surface area (TPSA) is 63.1 Å². The molecule has 0 saturated carbocycles. The zero-order valence-electron chi connectivity index (χ0n) is 15.4. The molecule has 2 heterocycles. The van der Waals surface area contributed by atoms with Crippen molar-refractivity contribution < 1.29 is 9.90 Å². The van der Waals surface area contributed by atoms with Crippen LogP contribution in [0.5, 0.6) is 0 Å². The van der Waals surface area contributed by atoms with Gasteiger partial charge in [0.15, 0.2) is 0 Å². The van der Waals surface area contributed by atoms with Gasteiger partial charge in [-0.3, -0.25) is 9.97 Å². The predicted molar refractivity (Wildman–Crippen MR) is 115 cm³/mol. The van der Waals surface area contributed by atoms with E-state index >= 15 is 0 Å². The van der Waals surface area contributed by atoms with E-state index in [9.17, 15) is 4.79 Å². The molecule has 0 amide bonds. The fourth-order valence-electron chi connectivity index (χ4n) is 3.74. The lowest BCUT2D eigenvalue weighted by Gasteiger charge is -2.11. The highest BCUT2D eigenvalue weighted by atomic mass is 16.4. The van der Waals surface area contributed by atoms with Crippen molar-refractivity contribution in [2.24, 2.45) is 0 Å². The van der Waals surface area contributed by atoms with Crippen molar-refractivity contribution in [3.63, 3.8) is 0 Å². The summed E-state index contributed by atoms with van der Waals surface area (Å²) in [5.41, 5.74) is 6.16. The van der Waals surface area contributed by atoms with Crippen molar-refractivity contribution in [1.82, 2.24) is 9.97 Å². The van der Waals surface area contributed by atoms with Crippen LogP contribution < -0.4 is 0 Å². The van der Waals surface area contributed by atoms with Crippen LogP contribution in [-0.2, 0) is 0 Å². The van der Waals surface area contributed by atoms with Gasteiger partial charge in [-0.2, -0.15) is 0 Å². The van der Waals surface area contributed by atoms with Crippen molar-refractivity contribution in [3.8, 4) is 22.3 Å². The van der Waals surface area contributed by atoms with E-state index in [1.807, 2.05) is 48.7 Å². The molecule has 0 aliphatic carbocycles. The summed E-state index contributed by atoms with van der Waals surface area (Å²) in [6.45, 7) is 0. The third-order valence-corrected chi connectivity index (χ3v) is 5.15. The van der Waals surface area contributed by atoms with E-state index in [1.54, 1.807) is 18.3 Å². The summed E-state index contributed by atoms with van der Waals surface area (Å²) < 4.78 is 0. The minimum atomic E-state index is -0.931. The first-order chi connectivity index (χ1) is 14.2. The number of carboxylic acids is 1. The van der Waals surface area contributed by atoms with Gasteiger partial charge in [-0.25, -0.2) is 4.79 Å². The van der Waals surface area contributed by atoms with E-state index in [4.69, 9.17) is 5.11 Å². The molecule has 5 rings (SSSR count). The summed E-state index contributed by atoms with van der Waals surface area (Å²) in [6.07, 6.45) is 3.60. The van der Waals surface area contributed by atoms with Crippen LogP contribution in [0.4, 0.5) is 0 Å². The molecule has 0 unspecified atom stereocenters. The number of benzene rings is 3. The lowest BCUT2D eigenvalue weighted by molar-refractivity contribution is 0.0697. The molecular formula is C25H16N2O2. The number of rotatable bonds is 3. The molecule has 138 valence electrons. The zero-order valence-corrected chi connectivity index (χ0v) is 15.4. The van der Waals surface area contributed by atoms with Crippen molar-refractivity contribution in [2.75, 3.05) is 0 Å². The number of carbonyl (C=O) groups is 1. The molecule has 0 fully saturated rings. The van der Waals surface area contributed by atoms with Crippen molar-refractivity contribution in [1.29, 1.82) is 0 Å². The molecular weight excluding hydrogens is 360 g/mol. The quantitative estimate of drug-likeness (QED) is 0.403. The molecule has 0 saturated heterocycles. The fraction of sp³-hybridized carbons (Fsp3) is 0. The van der Waals surface area contributed by atoms with Crippen LogP contribution in [0.3, 0.4) is 0 Å². The molecule has 0 bridgehead atoms. The summed E-state index contributed by atoms with van der Waals surface area (Å²) in [5.74, 6) is -0.931. The molecule has 29 heavy (non-hydrogen) atoms. The minimum absolute atomic E-state index is 0.270. The van der Waals surface area contributed by atoms with Gasteiger partial charge in [0.05, 0.1) is 16.6 Å². The van der Waals surface area contributed by atoms with Crippen molar-refractivity contribution in [2.45, 2.75) is 0 Å². The number of aromatic nitrogens is 2. The van der Waals surface area contributed by atoms with Gasteiger partial charge >= 0.3 is 5.97 Å². The van der Waals surface area contributed by atoms with Gasteiger partial charge in [0.2, 0.25) is 0 Å². The third-order valence-electron chi connectivity index (χ3n) is 5.15. The number of hydrogen-bond donors (Lipinski definition) is 1. The molecule has 0 spiro atoms. The number of pyridine rings is 2. The summed E-state index contributed by atoms with van der Waals surface area (Å²) >= 11 is 0. The van der Waals surface area contributed by atoms with Gasteiger partial charge < -0.3 is 5.11 Å². The molecule has 1 N–H and O–H groups in total. The highest BCUT2D eigenvalue weighted by Crippen LogP contribution is 2.34. The Labute approximate surface area is 167 Å². The summed E-state index contributed by atoms with van der Waals surface area (Å²) in [7, 11) is 0. The lowest BCUT2D eigenvalue weighted by Crippen LogP contribution is -1.95. The van der Waals surface area contributed by atoms with Crippen molar-refractivity contribution in [3.05, 3.63) is 96.8 Å². The highest BCUT2D eigenvalue weighted by Gasteiger charge is 2.12. The SMILES string of the molecule is O=C(O)c1ccc(-c2ccnc3c2ccc2c(-c4ccccc4)ccnc23)cc1. The molecule has 0 atom stereocenters. The second-order valence-electron chi connectivity index (χ2n) is 6.82. The van der Waals surface area contributed by atoms with Crippen LogP contribution in [0.1, 0.15) is 10.4 Å². The van der Waals surface area contributed by atoms with Gasteiger partial charge in [0.1, 0.15) is 0 Å². The molecule has 4 nitrogen and oxygen atoms in total. The summed E-state index contributed by atoms with van der Waals surface area (Å²) in [4.78, 5) is 20.4. The van der Waals surface area contributed by atoms with Gasteiger partial charge in [0, 0.05) is 23.2 Å². The van der Waals surface area contributed by atoms with Crippen LogP contribution in [0.2, 0.25) is 0 Å². The average Bonchev–Trinajstić information content (AvgIpc) is 2.78. The Morgan fingerprint density at radius 2 is 1.14 bits per heavy atom. The van der Waals surface area contributed by atoms with Gasteiger partial charge in [-0.05, 0) is 46.5 Å². The Bertz CT molecular complexity index is 1360. The van der Waals surface area contributed by atoms with Crippen LogP contribution in [0.25, 0.3) is 44.1 Å². The Balaban J connectivity index is 1.73. The van der Waals surface area contributed by atoms with Crippen molar-refractivity contribution >= 4 is 27.8 Å². The number of fused-ring (bicyclic) bond motifs is 3. The zero-order chi connectivity index (χ0) is 19.8. The fourth-order valence-corrected chi connectivity index (χ4v) is 3.74. The van der Waals surface area contributed by atoms with E-state index in [-0.39, 0.29) is 5.56 Å². The van der Waals surface area contributed by atoms with E-state index in [0.29, 0.717) is 0 Å². The second kappa shape index (κ2) is 6.84. The summed E-state index contributed by atoms with van der Waals surface area (Å²) in [6, 6.07) is 25.3. The standard InChI is InChI=1S/C25H16N2O2/c28-25(29)18-8-6-17(7-9-18)20-13-15-27-24-22(20)11-10-21-19(12-14-26-23(21)24)16-4-2-1-3-5-16/h1-15H,(H,28,29). The first-order valence-corrected chi connectivity index (χ1v) is 9.28. The lowest BCUT2D eigenvalue weighted by atomic mass is 9.96. The summed E-state index contributed by atoms with van der Waals surface area (Å²) in [5, 5.41) is 11.2. The van der Waals surface area contributed by atoms with Gasteiger partial charge in [-0.1, -0.05) is 54.6 Å². The van der Waals surface area contributed by atoms with Gasteiger partial charge in [-0.15, -0.1) is 0 Å². The normalized spacial score (nSPS) is 11.0. The van der Waals surface area contributed by atoms with Crippen LogP contribution in [0, 0.1) is 0 Å². The minimum Gasteiger partial charge on any atom is -0.478 e. The Morgan fingerprint density at radius 1 is 0.621 bits per heavy atom. The molecule has 5 aromatic rings. The maximum atomic E-state index is 11.1. The van der Waals surface area contributed by atoms with Crippen LogP contribution >= 0.6 is 0 Å². The van der Waals surface area contributed by atoms with Gasteiger partial charge in [0.25, 0.3) is 0 Å². The molecule has 0 aliphatic heterocycles. The molecule has 2 aromatic heterocycles. The number of carboxylic acid groups (broad SMARTS) is 1. The largest absolute Gasteiger partial charge is 0.478 e. The van der Waals surface area contributed by atoms with Crippen LogP contribution in [0.15, 0.2) is 91.3 Å². The van der Waals surface area contributed by atoms with Crippen LogP contribution in [-0.4, -0.2) is 21.0 Å².